The van der Waals surface area contributed by atoms with Crippen molar-refractivity contribution in [3.05, 3.63) is 47.0 Å². The molecule has 3 aromatic rings. The van der Waals surface area contributed by atoms with E-state index in [-0.39, 0.29) is 5.92 Å². The minimum atomic E-state index is -0.905. The molecule has 2 heterocycles. The van der Waals surface area contributed by atoms with Crippen molar-refractivity contribution >= 4 is 33.4 Å². The van der Waals surface area contributed by atoms with Crippen LogP contribution in [0.5, 0.6) is 0 Å². The molecular formula is C21H20N4O3S. The number of carbonyl (C=O) groups is 2. The van der Waals surface area contributed by atoms with Crippen molar-refractivity contribution in [1.29, 1.82) is 5.26 Å². The first-order valence-electron chi connectivity index (χ1n) is 9.35. The van der Waals surface area contributed by atoms with Gasteiger partial charge in [0.05, 0.1) is 17.5 Å². The number of carbonyl (C=O) groups excluding carboxylic acids is 2. The van der Waals surface area contributed by atoms with Gasteiger partial charge in [-0.15, -0.1) is 11.3 Å². The van der Waals surface area contributed by atoms with Crippen LogP contribution in [0.3, 0.4) is 0 Å². The first-order chi connectivity index (χ1) is 13.9. The van der Waals surface area contributed by atoms with E-state index in [1.54, 1.807) is 17.7 Å². The summed E-state index contributed by atoms with van der Waals surface area (Å²) in [5, 5.41) is 17.4. The summed E-state index contributed by atoms with van der Waals surface area (Å²) in [6.07, 6.45) is 1.84. The molecule has 1 saturated carbocycles. The number of nitrogens with one attached hydrogen (secondary N) is 1. The summed E-state index contributed by atoms with van der Waals surface area (Å²) in [7, 11) is 0. The van der Waals surface area contributed by atoms with Gasteiger partial charge in [0.15, 0.2) is 6.61 Å². The fourth-order valence-corrected chi connectivity index (χ4v) is 4.38. The minimum Gasteiger partial charge on any atom is -0.451 e. The predicted octanol–water partition coefficient (Wildman–Crippen LogP) is 3.36. The number of aryl methyl sites for hydroxylation is 1. The molecule has 7 nitrogen and oxygen atoms in total. The number of amides is 1. The van der Waals surface area contributed by atoms with E-state index in [9.17, 15) is 14.9 Å². The van der Waals surface area contributed by atoms with Crippen LogP contribution in [0.1, 0.15) is 35.1 Å². The van der Waals surface area contributed by atoms with Gasteiger partial charge in [0.25, 0.3) is 5.91 Å². The van der Waals surface area contributed by atoms with Gasteiger partial charge < -0.3 is 10.1 Å². The van der Waals surface area contributed by atoms with Crippen LogP contribution >= 0.6 is 11.3 Å². The van der Waals surface area contributed by atoms with Crippen LogP contribution in [-0.2, 0) is 9.53 Å². The van der Waals surface area contributed by atoms with Crippen LogP contribution in [0.2, 0.25) is 0 Å². The maximum Gasteiger partial charge on any atom is 0.348 e. The zero-order chi connectivity index (χ0) is 20.6. The smallest absolute Gasteiger partial charge is 0.348 e. The number of esters is 1. The number of hydrogen-bond donors (Lipinski definition) is 1. The summed E-state index contributed by atoms with van der Waals surface area (Å²) < 4.78 is 6.98. The number of aromatic nitrogens is 2. The van der Waals surface area contributed by atoms with Gasteiger partial charge in [-0.1, -0.05) is 18.2 Å². The van der Waals surface area contributed by atoms with Gasteiger partial charge in [-0.25, -0.2) is 9.48 Å². The van der Waals surface area contributed by atoms with Crippen LogP contribution in [0.4, 0.5) is 0 Å². The first kappa shape index (κ1) is 19.2. The highest BCUT2D eigenvalue weighted by Gasteiger charge is 2.43. The molecular weight excluding hydrogens is 388 g/mol. The summed E-state index contributed by atoms with van der Waals surface area (Å²) in [6, 6.07) is 13.6. The molecule has 29 heavy (non-hydrogen) atoms. The summed E-state index contributed by atoms with van der Waals surface area (Å²) in [5.74, 6) is -0.869. The van der Waals surface area contributed by atoms with E-state index in [1.807, 2.05) is 37.3 Å². The number of hydrogen-bond acceptors (Lipinski definition) is 6. The van der Waals surface area contributed by atoms with Crippen molar-refractivity contribution in [1.82, 2.24) is 15.1 Å². The normalized spacial score (nSPS) is 15.5. The fraction of sp³-hybridized carbons (Fsp3) is 0.333. The number of fused-ring (bicyclic) bond motifs is 1. The number of nitrogens with zero attached hydrogens (tertiary/aromatic N) is 3. The fourth-order valence-electron chi connectivity index (χ4n) is 3.30. The lowest BCUT2D eigenvalue weighted by Crippen LogP contribution is -2.48. The molecule has 1 N–H and O–H groups in total. The molecule has 1 aromatic carbocycles. The number of para-hydroxylation sites is 1. The average Bonchev–Trinajstić information content (AvgIpc) is 3.42. The molecule has 2 aromatic heterocycles. The van der Waals surface area contributed by atoms with Crippen LogP contribution in [-0.4, -0.2) is 33.8 Å². The van der Waals surface area contributed by atoms with Crippen molar-refractivity contribution in [3.63, 3.8) is 0 Å². The van der Waals surface area contributed by atoms with E-state index in [2.05, 4.69) is 16.5 Å². The molecule has 1 atom stereocenters. The van der Waals surface area contributed by atoms with Gasteiger partial charge in [0.2, 0.25) is 0 Å². The minimum absolute atomic E-state index is 0.165. The van der Waals surface area contributed by atoms with Gasteiger partial charge in [0.1, 0.15) is 15.2 Å². The molecule has 0 unspecified atom stereocenters. The second-order valence-electron chi connectivity index (χ2n) is 7.37. The highest BCUT2D eigenvalue weighted by molar-refractivity contribution is 7.20. The van der Waals surface area contributed by atoms with Crippen molar-refractivity contribution in [2.75, 3.05) is 6.61 Å². The Kier molecular flexibility index (Phi) is 4.84. The Balaban J connectivity index is 1.47. The quantitative estimate of drug-likeness (QED) is 0.631. The molecule has 0 radical (unpaired) electrons. The molecule has 8 heteroatoms. The van der Waals surface area contributed by atoms with Crippen molar-refractivity contribution in [2.45, 2.75) is 32.2 Å². The zero-order valence-corrected chi connectivity index (χ0v) is 17.0. The molecule has 1 aliphatic rings. The van der Waals surface area contributed by atoms with E-state index in [0.717, 1.165) is 34.4 Å². The lowest BCUT2D eigenvalue weighted by molar-refractivity contribution is -0.125. The monoisotopic (exact) mass is 408 g/mol. The second kappa shape index (κ2) is 7.33. The molecule has 0 aliphatic heterocycles. The molecule has 148 valence electrons. The predicted molar refractivity (Wildman–Crippen MR) is 109 cm³/mol. The van der Waals surface area contributed by atoms with Crippen LogP contribution in [0.25, 0.3) is 15.9 Å². The average molecular weight is 408 g/mol. The molecule has 1 fully saturated rings. The molecule has 0 bridgehead atoms. The van der Waals surface area contributed by atoms with Crippen LogP contribution < -0.4 is 5.32 Å². The summed E-state index contributed by atoms with van der Waals surface area (Å²) >= 11 is 1.27. The van der Waals surface area contributed by atoms with Crippen LogP contribution in [0, 0.1) is 24.2 Å². The van der Waals surface area contributed by atoms with E-state index in [0.29, 0.717) is 4.88 Å². The Morgan fingerprint density at radius 1 is 1.38 bits per heavy atom. The van der Waals surface area contributed by atoms with E-state index < -0.39 is 24.0 Å². The maximum atomic E-state index is 12.5. The van der Waals surface area contributed by atoms with Gasteiger partial charge in [-0.2, -0.15) is 10.4 Å². The van der Waals surface area contributed by atoms with Crippen molar-refractivity contribution < 1.29 is 14.3 Å². The number of benzene rings is 1. The van der Waals surface area contributed by atoms with E-state index >= 15 is 0 Å². The third-order valence-electron chi connectivity index (χ3n) is 5.11. The Morgan fingerprint density at radius 3 is 2.76 bits per heavy atom. The maximum absolute atomic E-state index is 12.5. The molecule has 4 rings (SSSR count). The standard InChI is InChI=1S/C21H20N4O3S/c1-13-16-10-17(29-19(16)25(24-13)15-6-4-3-5-7-15)20(27)28-11-18(26)23-21(2,12-22)14-8-9-14/h3-7,10,14H,8-9,11H2,1-2H3,(H,23,26)/t21-/m1/s1. The largest absolute Gasteiger partial charge is 0.451 e. The topological polar surface area (TPSA) is 97.0 Å². The molecule has 0 saturated heterocycles. The lowest BCUT2D eigenvalue weighted by atomic mass is 9.98. The van der Waals surface area contributed by atoms with Gasteiger partial charge in [-0.05, 0) is 50.8 Å². The van der Waals surface area contributed by atoms with Gasteiger partial charge in [-0.3, -0.25) is 4.79 Å². The second-order valence-corrected chi connectivity index (χ2v) is 8.41. The third kappa shape index (κ3) is 3.74. The third-order valence-corrected chi connectivity index (χ3v) is 6.20. The van der Waals surface area contributed by atoms with Crippen molar-refractivity contribution in [3.8, 4) is 11.8 Å². The summed E-state index contributed by atoms with van der Waals surface area (Å²) in [6.45, 7) is 3.17. The Labute approximate surface area is 171 Å². The summed E-state index contributed by atoms with van der Waals surface area (Å²) in [5.41, 5.74) is 0.811. The Bertz CT molecular complexity index is 1120. The number of nitriles is 1. The van der Waals surface area contributed by atoms with E-state index in [1.165, 1.54) is 11.3 Å². The zero-order valence-electron chi connectivity index (χ0n) is 16.1. The summed E-state index contributed by atoms with van der Waals surface area (Å²) in [4.78, 5) is 25.9. The van der Waals surface area contributed by atoms with Crippen molar-refractivity contribution in [2.24, 2.45) is 5.92 Å². The number of thiophene rings is 1. The van der Waals surface area contributed by atoms with Gasteiger partial charge in [0, 0.05) is 5.39 Å². The Morgan fingerprint density at radius 2 is 2.10 bits per heavy atom. The molecule has 1 amide bonds. The van der Waals surface area contributed by atoms with E-state index in [4.69, 9.17) is 4.74 Å². The Hall–Kier alpha value is -3.18. The highest BCUT2D eigenvalue weighted by atomic mass is 32.1. The highest BCUT2D eigenvalue weighted by Crippen LogP contribution is 2.39. The molecule has 0 spiro atoms. The number of rotatable bonds is 6. The first-order valence-corrected chi connectivity index (χ1v) is 10.2. The SMILES string of the molecule is Cc1nn(-c2ccccc2)c2sc(C(=O)OCC(=O)N[C@](C)(C#N)C3CC3)cc12. The number of ether oxygens (including phenoxy) is 1. The van der Waals surface area contributed by atoms with Gasteiger partial charge >= 0.3 is 5.97 Å². The lowest BCUT2D eigenvalue weighted by Gasteiger charge is -2.22. The molecule has 1 aliphatic carbocycles. The van der Waals surface area contributed by atoms with Crippen LogP contribution in [0.15, 0.2) is 36.4 Å².